The summed E-state index contributed by atoms with van der Waals surface area (Å²) in [4.78, 5) is 30.7. The molecule has 36 heavy (non-hydrogen) atoms. The van der Waals surface area contributed by atoms with Gasteiger partial charge < -0.3 is 10.6 Å². The van der Waals surface area contributed by atoms with Crippen LogP contribution in [0.5, 0.6) is 0 Å². The van der Waals surface area contributed by atoms with Crippen LogP contribution in [0.1, 0.15) is 21.5 Å². The van der Waals surface area contributed by atoms with Gasteiger partial charge in [0.05, 0.1) is 6.42 Å². The van der Waals surface area contributed by atoms with Gasteiger partial charge in [-0.1, -0.05) is 54.6 Å². The maximum atomic E-state index is 13.0. The van der Waals surface area contributed by atoms with E-state index in [2.05, 4.69) is 22.5 Å². The summed E-state index contributed by atoms with van der Waals surface area (Å²) < 4.78 is 1.04. The topological polar surface area (TPSA) is 76.3 Å². The molecule has 0 unspecified atom stereocenters. The van der Waals surface area contributed by atoms with Crippen molar-refractivity contribution in [2.75, 3.05) is 17.2 Å². The third-order valence-electron chi connectivity index (χ3n) is 6.74. The third-order valence-corrected chi connectivity index (χ3v) is 7.76. The van der Waals surface area contributed by atoms with Gasteiger partial charge in [0.25, 0.3) is 0 Å². The van der Waals surface area contributed by atoms with Gasteiger partial charge >= 0.3 is 0 Å². The second-order valence-electron chi connectivity index (χ2n) is 8.96. The summed E-state index contributed by atoms with van der Waals surface area (Å²) >= 11 is 1.62. The van der Waals surface area contributed by atoms with E-state index in [1.165, 1.54) is 0 Å². The first-order valence-corrected chi connectivity index (χ1v) is 12.7. The van der Waals surface area contributed by atoms with Crippen LogP contribution in [0.3, 0.4) is 0 Å². The monoisotopic (exact) mass is 489 g/mol. The zero-order valence-corrected chi connectivity index (χ0v) is 20.3. The Labute approximate surface area is 212 Å². The number of carbonyl (C=O) groups excluding carboxylic acids is 2. The first-order chi connectivity index (χ1) is 17.6. The van der Waals surface area contributed by atoms with Crippen molar-refractivity contribution in [2.24, 2.45) is 0 Å². The molecule has 0 radical (unpaired) electrons. The summed E-state index contributed by atoms with van der Waals surface area (Å²) in [5.41, 5.74) is 14.2. The van der Waals surface area contributed by atoms with Crippen molar-refractivity contribution in [1.29, 1.82) is 0 Å². The Hall–Kier alpha value is -4.29. The van der Waals surface area contributed by atoms with Crippen molar-refractivity contribution >= 4 is 45.1 Å². The van der Waals surface area contributed by atoms with Crippen LogP contribution >= 0.6 is 11.3 Å². The Morgan fingerprint density at radius 1 is 1.00 bits per heavy atom. The molecule has 6 rings (SSSR count). The first kappa shape index (κ1) is 22.2. The van der Waals surface area contributed by atoms with Gasteiger partial charge in [0.1, 0.15) is 12.1 Å². The molecule has 0 saturated heterocycles. The molecule has 0 saturated carbocycles. The average molecular weight is 490 g/mol. The fourth-order valence-corrected chi connectivity index (χ4v) is 6.08. The quantitative estimate of drug-likeness (QED) is 0.300. The molecule has 176 valence electrons. The predicted molar refractivity (Wildman–Crippen MR) is 146 cm³/mol. The van der Waals surface area contributed by atoms with E-state index in [1.807, 2.05) is 59.5 Å². The Balaban J connectivity index is 1.36. The molecule has 5 nitrogen and oxygen atoms in total. The van der Waals surface area contributed by atoms with Crippen molar-refractivity contribution in [2.45, 2.75) is 12.8 Å². The number of anilines is 2. The number of benzene rings is 3. The van der Waals surface area contributed by atoms with Crippen LogP contribution in [-0.4, -0.2) is 23.7 Å². The maximum absolute atomic E-state index is 13.0. The van der Waals surface area contributed by atoms with Crippen molar-refractivity contribution in [3.05, 3.63) is 101 Å². The van der Waals surface area contributed by atoms with Crippen molar-refractivity contribution in [3.8, 4) is 22.3 Å². The summed E-state index contributed by atoms with van der Waals surface area (Å²) in [6.45, 7) is 0.690. The number of aldehydes is 1. The van der Waals surface area contributed by atoms with E-state index >= 15 is 0 Å². The number of nitrogens with two attached hydrogens (primary N) is 1. The zero-order valence-electron chi connectivity index (χ0n) is 19.5. The number of carbonyl (C=O) groups is 2. The van der Waals surface area contributed by atoms with Gasteiger partial charge in [-0.15, -0.1) is 11.3 Å². The van der Waals surface area contributed by atoms with Crippen molar-refractivity contribution in [1.82, 2.24) is 4.98 Å². The Bertz CT molecular complexity index is 1620. The molecule has 6 heteroatoms. The Morgan fingerprint density at radius 2 is 1.83 bits per heavy atom. The largest absolute Gasteiger partial charge is 0.383 e. The molecule has 2 N–H and O–H groups in total. The molecular weight excluding hydrogens is 466 g/mol. The first-order valence-electron chi connectivity index (χ1n) is 11.8. The van der Waals surface area contributed by atoms with Gasteiger partial charge in [-0.05, 0) is 52.3 Å². The number of thiophene rings is 1. The molecule has 0 bridgehead atoms. The molecule has 3 aromatic carbocycles. The maximum Gasteiger partial charge on any atom is 0.231 e. The molecule has 2 aromatic heterocycles. The number of hydrogen-bond donors (Lipinski definition) is 1. The predicted octanol–water partition coefficient (Wildman–Crippen LogP) is 6.16. The van der Waals surface area contributed by atoms with Gasteiger partial charge in [0.15, 0.2) is 0 Å². The summed E-state index contributed by atoms with van der Waals surface area (Å²) in [6, 6.07) is 23.7. The fourth-order valence-electron chi connectivity index (χ4n) is 4.96. The van der Waals surface area contributed by atoms with E-state index < -0.39 is 0 Å². The lowest BCUT2D eigenvalue weighted by Crippen LogP contribution is -2.30. The molecule has 0 atom stereocenters. The lowest BCUT2D eigenvalue weighted by atomic mass is 9.99. The average Bonchev–Trinajstić information content (AvgIpc) is 3.55. The Morgan fingerprint density at radius 3 is 2.67 bits per heavy atom. The van der Waals surface area contributed by atoms with Gasteiger partial charge in [-0.25, -0.2) is 4.98 Å². The second-order valence-corrected chi connectivity index (χ2v) is 9.83. The molecule has 1 aliphatic heterocycles. The van der Waals surface area contributed by atoms with Crippen LogP contribution in [0, 0.1) is 0 Å². The van der Waals surface area contributed by atoms with Gasteiger partial charge in [-0.3, -0.25) is 9.59 Å². The summed E-state index contributed by atoms with van der Waals surface area (Å²) in [6.07, 6.45) is 3.85. The van der Waals surface area contributed by atoms with Crippen LogP contribution in [0.2, 0.25) is 0 Å². The molecule has 0 fully saturated rings. The summed E-state index contributed by atoms with van der Waals surface area (Å²) in [7, 11) is 0. The van der Waals surface area contributed by atoms with Crippen LogP contribution < -0.4 is 10.6 Å². The lowest BCUT2D eigenvalue weighted by Gasteiger charge is -2.18. The van der Waals surface area contributed by atoms with Gasteiger partial charge in [0, 0.05) is 45.2 Å². The number of fused-ring (bicyclic) bond motifs is 2. The standard InChI is InChI=1S/C30H23N3O2S/c31-30-28-25(18-36-29(28)24(16-32-30)21-8-4-7-20(13-21)17-34)22-9-10-26-23(15-22)11-12-33(26)27(35)14-19-5-2-1-3-6-19/h1-10,13,15-18H,11-12,14H2,(H2,31,32). The summed E-state index contributed by atoms with van der Waals surface area (Å²) in [5.74, 6) is 0.598. The number of pyridine rings is 1. The molecule has 0 aliphatic carbocycles. The number of amides is 1. The van der Waals surface area contributed by atoms with E-state index in [4.69, 9.17) is 5.73 Å². The highest BCUT2D eigenvalue weighted by Gasteiger charge is 2.25. The zero-order chi connectivity index (χ0) is 24.6. The van der Waals surface area contributed by atoms with E-state index in [1.54, 1.807) is 23.6 Å². The van der Waals surface area contributed by atoms with Crippen LogP contribution in [0.4, 0.5) is 11.5 Å². The van der Waals surface area contributed by atoms with E-state index in [0.717, 1.165) is 61.9 Å². The molecule has 1 aliphatic rings. The normalized spacial score (nSPS) is 12.6. The minimum absolute atomic E-state index is 0.115. The number of rotatable bonds is 5. The Kier molecular flexibility index (Phi) is 5.58. The van der Waals surface area contributed by atoms with E-state index in [0.29, 0.717) is 24.3 Å². The number of nitrogen functional groups attached to an aromatic ring is 1. The van der Waals surface area contributed by atoms with E-state index in [-0.39, 0.29) is 5.91 Å². The van der Waals surface area contributed by atoms with E-state index in [9.17, 15) is 9.59 Å². The number of hydrogen-bond acceptors (Lipinski definition) is 5. The number of nitrogens with zero attached hydrogens (tertiary/aromatic N) is 2. The van der Waals surface area contributed by atoms with Crippen LogP contribution in [0.25, 0.3) is 32.3 Å². The van der Waals surface area contributed by atoms with Crippen LogP contribution in [-0.2, 0) is 17.6 Å². The molecule has 3 heterocycles. The minimum Gasteiger partial charge on any atom is -0.383 e. The third kappa shape index (κ3) is 3.85. The molecule has 0 spiro atoms. The molecule has 5 aromatic rings. The minimum atomic E-state index is 0.115. The smallest absolute Gasteiger partial charge is 0.231 e. The van der Waals surface area contributed by atoms with Crippen molar-refractivity contribution < 1.29 is 9.59 Å². The summed E-state index contributed by atoms with van der Waals surface area (Å²) in [5, 5.41) is 3.04. The van der Waals surface area contributed by atoms with Crippen molar-refractivity contribution in [3.63, 3.8) is 0 Å². The van der Waals surface area contributed by atoms with Gasteiger partial charge in [0.2, 0.25) is 5.91 Å². The molecule has 1 amide bonds. The highest BCUT2D eigenvalue weighted by Crippen LogP contribution is 2.43. The fraction of sp³-hybridized carbons (Fsp3) is 0.100. The molecular formula is C30H23N3O2S. The second kappa shape index (κ2) is 9.06. The SMILES string of the molecule is Nc1ncc(-c2cccc(C=O)c2)c2scc(-c3ccc4c(c3)CCN4C(=O)Cc3ccccc3)c12. The highest BCUT2D eigenvalue weighted by molar-refractivity contribution is 7.18. The van der Waals surface area contributed by atoms with Crippen LogP contribution in [0.15, 0.2) is 84.4 Å². The highest BCUT2D eigenvalue weighted by atomic mass is 32.1. The lowest BCUT2D eigenvalue weighted by molar-refractivity contribution is -0.117. The number of aromatic nitrogens is 1. The van der Waals surface area contributed by atoms with Gasteiger partial charge in [-0.2, -0.15) is 0 Å².